The zero-order chi connectivity index (χ0) is 22.2. The van der Waals surface area contributed by atoms with Gasteiger partial charge in [0.05, 0.1) is 24.3 Å². The number of likely N-dealkylation sites (N-methyl/N-ethyl adjacent to an activating group) is 1. The number of ether oxygens (including phenoxy) is 1. The van der Waals surface area contributed by atoms with E-state index in [0.29, 0.717) is 41.0 Å². The molecule has 1 fully saturated rings. The lowest BCUT2D eigenvalue weighted by molar-refractivity contribution is 0.112. The van der Waals surface area contributed by atoms with Crippen molar-refractivity contribution in [2.24, 2.45) is 4.99 Å². The number of nitrogens with zero attached hydrogens (tertiary/aromatic N) is 3. The number of carbonyl (C=O) groups excluding carboxylic acids is 1. The Morgan fingerprint density at radius 3 is 2.81 bits per heavy atom. The highest BCUT2D eigenvalue weighted by molar-refractivity contribution is 5.87. The highest BCUT2D eigenvalue weighted by Gasteiger charge is 2.25. The Bertz CT molecular complexity index is 916. The van der Waals surface area contributed by atoms with E-state index in [-0.39, 0.29) is 5.82 Å². The number of hydrogen-bond donors (Lipinski definition) is 1. The summed E-state index contributed by atoms with van der Waals surface area (Å²) >= 11 is 0. The van der Waals surface area contributed by atoms with Gasteiger partial charge in [-0.1, -0.05) is 13.3 Å². The fourth-order valence-electron chi connectivity index (χ4n) is 3.57. The van der Waals surface area contributed by atoms with Crippen LogP contribution in [0.3, 0.4) is 0 Å². The third kappa shape index (κ3) is 6.04. The van der Waals surface area contributed by atoms with Gasteiger partial charge in [0.2, 0.25) is 0 Å². The van der Waals surface area contributed by atoms with Gasteiger partial charge < -0.3 is 19.9 Å². The Balaban J connectivity index is 1.65. The molecule has 1 atom stereocenters. The van der Waals surface area contributed by atoms with Crippen LogP contribution in [0.1, 0.15) is 36.5 Å². The number of hydrogen-bond acceptors (Lipinski definition) is 5. The maximum atomic E-state index is 14.7. The van der Waals surface area contributed by atoms with Gasteiger partial charge in [0.1, 0.15) is 11.6 Å². The molecule has 0 aliphatic carbocycles. The maximum absolute atomic E-state index is 14.7. The number of aliphatic imine (C=N–C) groups is 1. The molecule has 1 saturated heterocycles. The second kappa shape index (κ2) is 10.9. The van der Waals surface area contributed by atoms with Crippen LogP contribution in [-0.2, 0) is 0 Å². The monoisotopic (exact) mass is 426 g/mol. The van der Waals surface area contributed by atoms with E-state index in [1.807, 2.05) is 6.07 Å². The molecule has 3 rings (SSSR count). The second-order valence-corrected chi connectivity index (χ2v) is 7.96. The van der Waals surface area contributed by atoms with Crippen molar-refractivity contribution in [1.82, 2.24) is 4.90 Å². The van der Waals surface area contributed by atoms with Crippen molar-refractivity contribution >= 4 is 29.7 Å². The van der Waals surface area contributed by atoms with Gasteiger partial charge in [-0.15, -0.1) is 0 Å². The molecule has 0 bridgehead atoms. The van der Waals surface area contributed by atoms with Crippen LogP contribution in [0.25, 0.3) is 0 Å². The van der Waals surface area contributed by atoms with Crippen molar-refractivity contribution in [2.75, 3.05) is 44.0 Å². The van der Waals surface area contributed by atoms with E-state index >= 15 is 0 Å². The Morgan fingerprint density at radius 1 is 1.29 bits per heavy atom. The molecule has 1 N–H and O–H groups in total. The van der Waals surface area contributed by atoms with E-state index in [0.717, 1.165) is 38.6 Å². The summed E-state index contributed by atoms with van der Waals surface area (Å²) < 4.78 is 20.4. The van der Waals surface area contributed by atoms with Gasteiger partial charge >= 0.3 is 0 Å². The number of rotatable bonds is 10. The van der Waals surface area contributed by atoms with Crippen LogP contribution in [0.4, 0.5) is 21.5 Å². The van der Waals surface area contributed by atoms with Gasteiger partial charge in [0.25, 0.3) is 0 Å². The molecule has 7 heteroatoms. The minimum Gasteiger partial charge on any atom is -0.494 e. The zero-order valence-corrected chi connectivity index (χ0v) is 18.5. The summed E-state index contributed by atoms with van der Waals surface area (Å²) in [6.45, 7) is 4.39. The van der Waals surface area contributed by atoms with Gasteiger partial charge in [-0.25, -0.2) is 9.38 Å². The fourth-order valence-corrected chi connectivity index (χ4v) is 3.57. The first-order chi connectivity index (χ1) is 15.0. The van der Waals surface area contributed by atoms with Crippen LogP contribution < -0.4 is 15.0 Å². The Hall–Kier alpha value is -2.93. The maximum Gasteiger partial charge on any atom is 0.152 e. The van der Waals surface area contributed by atoms with Gasteiger partial charge in [0.15, 0.2) is 6.29 Å². The smallest absolute Gasteiger partial charge is 0.152 e. The summed E-state index contributed by atoms with van der Waals surface area (Å²) in [6.07, 6.45) is 5.26. The third-order valence-electron chi connectivity index (χ3n) is 5.51. The molecule has 0 unspecified atom stereocenters. The quantitative estimate of drug-likeness (QED) is 0.258. The lowest BCUT2D eigenvalue weighted by Gasteiger charge is -2.22. The van der Waals surface area contributed by atoms with Crippen LogP contribution in [0.15, 0.2) is 41.4 Å². The lowest BCUT2D eigenvalue weighted by Crippen LogP contribution is -2.31. The highest BCUT2D eigenvalue weighted by Crippen LogP contribution is 2.28. The number of anilines is 2. The minimum absolute atomic E-state index is 0.266. The first-order valence-electron chi connectivity index (χ1n) is 10.7. The van der Waals surface area contributed by atoms with Gasteiger partial charge in [0, 0.05) is 36.4 Å². The number of halogens is 1. The van der Waals surface area contributed by atoms with E-state index in [1.54, 1.807) is 24.3 Å². The predicted octanol–water partition coefficient (Wildman–Crippen LogP) is 4.73. The molecule has 0 saturated carbocycles. The molecule has 166 valence electrons. The van der Waals surface area contributed by atoms with Crippen molar-refractivity contribution in [2.45, 2.75) is 32.2 Å². The van der Waals surface area contributed by atoms with Crippen molar-refractivity contribution in [1.29, 1.82) is 0 Å². The van der Waals surface area contributed by atoms with Crippen LogP contribution >= 0.6 is 0 Å². The summed E-state index contributed by atoms with van der Waals surface area (Å²) in [5, 5.41) is 2.99. The molecule has 1 aliphatic heterocycles. The standard InChI is InChI=1S/C24H31FN4O2/c1-4-5-12-31-21-8-6-18(16-30)23(14-21)27-17-26-19-7-9-24(22(25)13-19)29-11-10-20(15-29)28(2)3/h6-9,13-14,16-17,20H,4-5,10-12,15H2,1-3H3,(H,26,27)/t20-/m1/s1. The normalized spacial score (nSPS) is 16.3. The average Bonchev–Trinajstić information content (AvgIpc) is 3.25. The number of aldehydes is 1. The molecule has 2 aromatic carbocycles. The fraction of sp³-hybridized carbons (Fsp3) is 0.417. The molecule has 6 nitrogen and oxygen atoms in total. The first-order valence-corrected chi connectivity index (χ1v) is 10.7. The molecular formula is C24H31FN4O2. The van der Waals surface area contributed by atoms with Crippen LogP contribution in [0.2, 0.25) is 0 Å². The second-order valence-electron chi connectivity index (χ2n) is 7.96. The number of carbonyl (C=O) groups is 1. The Kier molecular flexibility index (Phi) is 8.00. The molecule has 31 heavy (non-hydrogen) atoms. The lowest BCUT2D eigenvalue weighted by atomic mass is 10.2. The number of benzene rings is 2. The molecule has 2 aromatic rings. The summed E-state index contributed by atoms with van der Waals surface area (Å²) in [6, 6.07) is 10.7. The summed E-state index contributed by atoms with van der Waals surface area (Å²) in [5.74, 6) is 0.404. The van der Waals surface area contributed by atoms with Crippen LogP contribution in [0.5, 0.6) is 5.75 Å². The van der Waals surface area contributed by atoms with Crippen molar-refractivity contribution in [3.8, 4) is 5.75 Å². The van der Waals surface area contributed by atoms with E-state index in [4.69, 9.17) is 4.74 Å². The Labute approximate surface area is 183 Å². The summed E-state index contributed by atoms with van der Waals surface area (Å²) in [4.78, 5) is 19.9. The molecule has 0 aromatic heterocycles. The van der Waals surface area contributed by atoms with Crippen molar-refractivity contribution < 1.29 is 13.9 Å². The number of unbranched alkanes of at least 4 members (excludes halogenated alkanes) is 1. The molecule has 0 radical (unpaired) electrons. The van der Waals surface area contributed by atoms with E-state index in [9.17, 15) is 9.18 Å². The number of nitrogens with one attached hydrogen (secondary N) is 1. The summed E-state index contributed by atoms with van der Waals surface area (Å²) in [7, 11) is 4.11. The molecule has 0 spiro atoms. The molecule has 1 heterocycles. The summed E-state index contributed by atoms with van der Waals surface area (Å²) in [5.41, 5.74) is 2.18. The highest BCUT2D eigenvalue weighted by atomic mass is 19.1. The molecular weight excluding hydrogens is 395 g/mol. The average molecular weight is 427 g/mol. The van der Waals surface area contributed by atoms with Crippen molar-refractivity contribution in [3.63, 3.8) is 0 Å². The minimum atomic E-state index is -0.266. The topological polar surface area (TPSA) is 57.2 Å². The van der Waals surface area contributed by atoms with Crippen LogP contribution in [0, 0.1) is 5.82 Å². The van der Waals surface area contributed by atoms with E-state index in [1.165, 1.54) is 12.4 Å². The van der Waals surface area contributed by atoms with Crippen LogP contribution in [-0.4, -0.2) is 57.4 Å². The van der Waals surface area contributed by atoms with Crippen molar-refractivity contribution in [3.05, 3.63) is 47.8 Å². The molecule has 1 aliphatic rings. The van der Waals surface area contributed by atoms with E-state index in [2.05, 4.69) is 41.1 Å². The predicted molar refractivity (Wildman–Crippen MR) is 125 cm³/mol. The Morgan fingerprint density at radius 2 is 2.13 bits per heavy atom. The zero-order valence-electron chi connectivity index (χ0n) is 18.5. The largest absolute Gasteiger partial charge is 0.494 e. The molecule has 0 amide bonds. The van der Waals surface area contributed by atoms with Gasteiger partial charge in [-0.05, 0) is 57.3 Å². The van der Waals surface area contributed by atoms with E-state index < -0.39 is 0 Å². The van der Waals surface area contributed by atoms with Gasteiger partial charge in [-0.2, -0.15) is 0 Å². The SMILES string of the molecule is CCCCOc1ccc(C=O)c(N=CNc2ccc(N3CC[C@@H](N(C)C)C3)c(F)c2)c1. The third-order valence-corrected chi connectivity index (χ3v) is 5.51. The first kappa shape index (κ1) is 22.7. The van der Waals surface area contributed by atoms with Gasteiger partial charge in [-0.3, -0.25) is 4.79 Å².